The minimum atomic E-state index is -0.526. The number of hydrogen-bond donors (Lipinski definition) is 2. The van der Waals surface area contributed by atoms with Crippen LogP contribution in [0.5, 0.6) is 5.75 Å². The molecule has 7 heteroatoms. The fourth-order valence-electron chi connectivity index (χ4n) is 3.57. The molecule has 3 aromatic rings. The Morgan fingerprint density at radius 3 is 2.89 bits per heavy atom. The van der Waals surface area contributed by atoms with Gasteiger partial charge in [-0.3, -0.25) is 9.59 Å². The molecule has 2 aromatic carbocycles. The van der Waals surface area contributed by atoms with E-state index in [9.17, 15) is 9.59 Å². The van der Waals surface area contributed by atoms with Crippen LogP contribution in [-0.4, -0.2) is 46.4 Å². The van der Waals surface area contributed by atoms with Gasteiger partial charge >= 0.3 is 0 Å². The standard InChI is InChI=1S/C21H22N4O3/c22-20(27)14-5-3-7-16(11-14)28-13-19(26)25-10-4-6-15(12-25)21-23-17-8-1-2-9-18(17)24-21/h1-3,5,7-9,11,15H,4,6,10,12-13H2,(H2,22,27)(H,23,24). The van der Waals surface area contributed by atoms with E-state index in [0.29, 0.717) is 24.4 Å². The van der Waals surface area contributed by atoms with Crippen molar-refractivity contribution in [2.24, 2.45) is 5.73 Å². The number of aromatic amines is 1. The zero-order valence-electron chi connectivity index (χ0n) is 15.4. The van der Waals surface area contributed by atoms with Crippen molar-refractivity contribution in [1.29, 1.82) is 0 Å². The second-order valence-electron chi connectivity index (χ2n) is 7.00. The lowest BCUT2D eigenvalue weighted by Crippen LogP contribution is -2.41. The van der Waals surface area contributed by atoms with E-state index >= 15 is 0 Å². The average Bonchev–Trinajstić information content (AvgIpc) is 3.16. The molecule has 144 valence electrons. The van der Waals surface area contributed by atoms with Gasteiger partial charge < -0.3 is 20.4 Å². The number of nitrogens with one attached hydrogen (secondary N) is 1. The first kappa shape index (κ1) is 18.0. The number of nitrogens with two attached hydrogens (primary N) is 1. The van der Waals surface area contributed by atoms with E-state index < -0.39 is 5.91 Å². The van der Waals surface area contributed by atoms with Gasteiger partial charge in [0, 0.05) is 24.6 Å². The summed E-state index contributed by atoms with van der Waals surface area (Å²) >= 11 is 0. The molecule has 0 aliphatic carbocycles. The molecule has 4 rings (SSSR count). The highest BCUT2D eigenvalue weighted by atomic mass is 16.5. The van der Waals surface area contributed by atoms with E-state index in [2.05, 4.69) is 9.97 Å². The molecule has 3 N–H and O–H groups in total. The van der Waals surface area contributed by atoms with Crippen molar-refractivity contribution in [3.05, 3.63) is 59.9 Å². The highest BCUT2D eigenvalue weighted by Crippen LogP contribution is 2.27. The van der Waals surface area contributed by atoms with Gasteiger partial charge in [-0.05, 0) is 43.2 Å². The van der Waals surface area contributed by atoms with Crippen LogP contribution >= 0.6 is 0 Å². The minimum Gasteiger partial charge on any atom is -0.484 e. The van der Waals surface area contributed by atoms with E-state index in [0.717, 1.165) is 29.7 Å². The molecule has 0 spiro atoms. The Hall–Kier alpha value is -3.35. The van der Waals surface area contributed by atoms with Gasteiger partial charge in [0.25, 0.3) is 5.91 Å². The van der Waals surface area contributed by atoms with Crippen molar-refractivity contribution in [3.63, 3.8) is 0 Å². The molecular weight excluding hydrogens is 356 g/mol. The smallest absolute Gasteiger partial charge is 0.260 e. The van der Waals surface area contributed by atoms with Gasteiger partial charge in [0.05, 0.1) is 11.0 Å². The molecule has 2 amide bonds. The van der Waals surface area contributed by atoms with Crippen LogP contribution < -0.4 is 10.5 Å². The quantitative estimate of drug-likeness (QED) is 0.712. The molecule has 1 aromatic heterocycles. The van der Waals surface area contributed by atoms with E-state index in [1.54, 1.807) is 24.3 Å². The number of primary amides is 1. The zero-order chi connectivity index (χ0) is 19.5. The Morgan fingerprint density at radius 1 is 1.21 bits per heavy atom. The topological polar surface area (TPSA) is 101 Å². The second kappa shape index (κ2) is 7.72. The molecule has 0 radical (unpaired) electrons. The zero-order valence-corrected chi connectivity index (χ0v) is 15.4. The van der Waals surface area contributed by atoms with Crippen LogP contribution in [0.2, 0.25) is 0 Å². The van der Waals surface area contributed by atoms with Gasteiger partial charge in [-0.25, -0.2) is 4.98 Å². The lowest BCUT2D eigenvalue weighted by molar-refractivity contribution is -0.134. The number of benzene rings is 2. The second-order valence-corrected chi connectivity index (χ2v) is 7.00. The Morgan fingerprint density at radius 2 is 2.07 bits per heavy atom. The van der Waals surface area contributed by atoms with Crippen LogP contribution in [0.25, 0.3) is 11.0 Å². The molecule has 1 aliphatic rings. The molecule has 28 heavy (non-hydrogen) atoms. The molecule has 1 unspecified atom stereocenters. The number of hydrogen-bond acceptors (Lipinski definition) is 4. The van der Waals surface area contributed by atoms with Crippen molar-refractivity contribution >= 4 is 22.8 Å². The fraction of sp³-hybridized carbons (Fsp3) is 0.286. The predicted octanol–water partition coefficient (Wildman–Crippen LogP) is 2.45. The number of carbonyl (C=O) groups excluding carboxylic acids is 2. The maximum Gasteiger partial charge on any atom is 0.260 e. The molecular formula is C21H22N4O3. The molecule has 2 heterocycles. The number of imidazole rings is 1. The summed E-state index contributed by atoms with van der Waals surface area (Å²) in [5.41, 5.74) is 7.59. The fourth-order valence-corrected chi connectivity index (χ4v) is 3.57. The number of piperidine rings is 1. The predicted molar refractivity (Wildman–Crippen MR) is 105 cm³/mol. The number of likely N-dealkylation sites (tertiary alicyclic amines) is 1. The maximum absolute atomic E-state index is 12.6. The number of amides is 2. The third kappa shape index (κ3) is 3.83. The Balaban J connectivity index is 1.39. The van der Waals surface area contributed by atoms with E-state index in [-0.39, 0.29) is 18.4 Å². The molecule has 7 nitrogen and oxygen atoms in total. The molecule has 0 saturated carbocycles. The number of para-hydroxylation sites is 2. The Labute approximate surface area is 162 Å². The van der Waals surface area contributed by atoms with Gasteiger partial charge in [-0.1, -0.05) is 18.2 Å². The molecule has 1 atom stereocenters. The summed E-state index contributed by atoms with van der Waals surface area (Å²) in [6.07, 6.45) is 1.91. The highest BCUT2D eigenvalue weighted by Gasteiger charge is 2.27. The van der Waals surface area contributed by atoms with Crippen LogP contribution in [0.4, 0.5) is 0 Å². The van der Waals surface area contributed by atoms with Crippen LogP contribution in [0.1, 0.15) is 34.9 Å². The first-order valence-corrected chi connectivity index (χ1v) is 9.35. The number of rotatable bonds is 5. The minimum absolute atomic E-state index is 0.0743. The van der Waals surface area contributed by atoms with Crippen molar-refractivity contribution in [3.8, 4) is 5.75 Å². The number of H-pyrrole nitrogens is 1. The third-order valence-corrected chi connectivity index (χ3v) is 5.05. The SMILES string of the molecule is NC(=O)c1cccc(OCC(=O)N2CCCC(c3nc4ccccc4[nH]3)C2)c1. The first-order chi connectivity index (χ1) is 13.6. The lowest BCUT2D eigenvalue weighted by Gasteiger charge is -2.31. The van der Waals surface area contributed by atoms with Gasteiger partial charge in [-0.2, -0.15) is 0 Å². The summed E-state index contributed by atoms with van der Waals surface area (Å²) in [5.74, 6) is 0.958. The average molecular weight is 378 g/mol. The summed E-state index contributed by atoms with van der Waals surface area (Å²) < 4.78 is 5.58. The number of fused-ring (bicyclic) bond motifs is 1. The van der Waals surface area contributed by atoms with E-state index in [4.69, 9.17) is 10.5 Å². The molecule has 1 saturated heterocycles. The van der Waals surface area contributed by atoms with Gasteiger partial charge in [0.1, 0.15) is 11.6 Å². The van der Waals surface area contributed by atoms with Crippen molar-refractivity contribution in [2.75, 3.05) is 19.7 Å². The van der Waals surface area contributed by atoms with Crippen LogP contribution in [0.3, 0.4) is 0 Å². The van der Waals surface area contributed by atoms with Crippen molar-refractivity contribution in [2.45, 2.75) is 18.8 Å². The highest BCUT2D eigenvalue weighted by molar-refractivity contribution is 5.93. The maximum atomic E-state index is 12.6. The molecule has 1 fully saturated rings. The van der Waals surface area contributed by atoms with Crippen LogP contribution in [0, 0.1) is 0 Å². The van der Waals surface area contributed by atoms with Crippen molar-refractivity contribution < 1.29 is 14.3 Å². The van der Waals surface area contributed by atoms with Crippen LogP contribution in [0.15, 0.2) is 48.5 Å². The Bertz CT molecular complexity index is 981. The number of aromatic nitrogens is 2. The number of nitrogens with zero attached hydrogens (tertiary/aromatic N) is 2. The monoisotopic (exact) mass is 378 g/mol. The summed E-state index contributed by atoms with van der Waals surface area (Å²) in [6.45, 7) is 1.25. The van der Waals surface area contributed by atoms with Crippen molar-refractivity contribution in [1.82, 2.24) is 14.9 Å². The van der Waals surface area contributed by atoms with E-state index in [1.807, 2.05) is 29.2 Å². The molecule has 1 aliphatic heterocycles. The molecule has 0 bridgehead atoms. The van der Waals surface area contributed by atoms with Crippen LogP contribution in [-0.2, 0) is 4.79 Å². The lowest BCUT2D eigenvalue weighted by atomic mass is 9.97. The number of ether oxygens (including phenoxy) is 1. The Kier molecular flexibility index (Phi) is 4.97. The summed E-state index contributed by atoms with van der Waals surface area (Å²) in [6, 6.07) is 14.5. The van der Waals surface area contributed by atoms with Gasteiger partial charge in [0.2, 0.25) is 5.91 Å². The largest absolute Gasteiger partial charge is 0.484 e. The third-order valence-electron chi connectivity index (χ3n) is 5.05. The number of carbonyl (C=O) groups is 2. The van der Waals surface area contributed by atoms with E-state index in [1.165, 1.54) is 0 Å². The normalized spacial score (nSPS) is 16.9. The summed E-state index contributed by atoms with van der Waals surface area (Å²) in [7, 11) is 0. The summed E-state index contributed by atoms with van der Waals surface area (Å²) in [5, 5.41) is 0. The summed E-state index contributed by atoms with van der Waals surface area (Å²) in [4.78, 5) is 33.8. The first-order valence-electron chi connectivity index (χ1n) is 9.35. The van der Waals surface area contributed by atoms with Gasteiger partial charge in [0.15, 0.2) is 6.61 Å². The van der Waals surface area contributed by atoms with Gasteiger partial charge in [-0.15, -0.1) is 0 Å².